The summed E-state index contributed by atoms with van der Waals surface area (Å²) in [5, 5.41) is 0.698. The SMILES string of the molecule is CCOCCCn1c(N)nc2ccc(Cl)cc21. The fourth-order valence-corrected chi connectivity index (χ4v) is 1.98. The molecule has 0 saturated heterocycles. The van der Waals surface area contributed by atoms with E-state index < -0.39 is 0 Å². The number of hydrogen-bond acceptors (Lipinski definition) is 3. The van der Waals surface area contributed by atoms with Crippen molar-refractivity contribution in [3.63, 3.8) is 0 Å². The maximum atomic E-state index is 5.98. The Hall–Kier alpha value is -1.26. The van der Waals surface area contributed by atoms with Gasteiger partial charge >= 0.3 is 0 Å². The number of hydrogen-bond donors (Lipinski definition) is 1. The van der Waals surface area contributed by atoms with Crippen LogP contribution in [0.4, 0.5) is 5.95 Å². The van der Waals surface area contributed by atoms with Gasteiger partial charge in [0.15, 0.2) is 0 Å². The summed E-state index contributed by atoms with van der Waals surface area (Å²) in [6.07, 6.45) is 0.913. The summed E-state index contributed by atoms with van der Waals surface area (Å²) in [6, 6.07) is 5.59. The van der Waals surface area contributed by atoms with E-state index in [1.165, 1.54) is 0 Å². The lowest BCUT2D eigenvalue weighted by Gasteiger charge is -2.06. The predicted octanol–water partition coefficient (Wildman–Crippen LogP) is 2.70. The molecule has 92 valence electrons. The molecule has 1 aromatic heterocycles. The lowest BCUT2D eigenvalue weighted by molar-refractivity contribution is 0.142. The smallest absolute Gasteiger partial charge is 0.201 e. The summed E-state index contributed by atoms with van der Waals surface area (Å²) in [5.41, 5.74) is 7.74. The van der Waals surface area contributed by atoms with Crippen LogP contribution in [0.5, 0.6) is 0 Å². The molecule has 1 aromatic carbocycles. The first-order valence-electron chi connectivity index (χ1n) is 5.71. The molecule has 0 amide bonds. The minimum Gasteiger partial charge on any atom is -0.382 e. The average Bonchev–Trinajstić information content (AvgIpc) is 2.61. The van der Waals surface area contributed by atoms with Gasteiger partial charge in [-0.15, -0.1) is 0 Å². The number of ether oxygens (including phenoxy) is 1. The van der Waals surface area contributed by atoms with E-state index in [1.807, 2.05) is 29.7 Å². The predicted molar refractivity (Wildman–Crippen MR) is 70.3 cm³/mol. The first kappa shape index (κ1) is 12.2. The summed E-state index contributed by atoms with van der Waals surface area (Å²) < 4.78 is 7.28. The van der Waals surface area contributed by atoms with Crippen molar-refractivity contribution >= 4 is 28.6 Å². The Morgan fingerprint density at radius 3 is 3.06 bits per heavy atom. The van der Waals surface area contributed by atoms with Gasteiger partial charge in [0.2, 0.25) is 5.95 Å². The summed E-state index contributed by atoms with van der Waals surface area (Å²) in [4.78, 5) is 4.29. The van der Waals surface area contributed by atoms with Crippen LogP contribution >= 0.6 is 11.6 Å². The van der Waals surface area contributed by atoms with Crippen LogP contribution in [0.1, 0.15) is 13.3 Å². The van der Waals surface area contributed by atoms with Gasteiger partial charge in [-0.3, -0.25) is 0 Å². The van der Waals surface area contributed by atoms with Crippen molar-refractivity contribution in [3.8, 4) is 0 Å². The largest absolute Gasteiger partial charge is 0.382 e. The van der Waals surface area contributed by atoms with Gasteiger partial charge in [-0.05, 0) is 31.5 Å². The Morgan fingerprint density at radius 1 is 1.47 bits per heavy atom. The first-order chi connectivity index (χ1) is 8.22. The highest BCUT2D eigenvalue weighted by atomic mass is 35.5. The van der Waals surface area contributed by atoms with Gasteiger partial charge in [0.25, 0.3) is 0 Å². The van der Waals surface area contributed by atoms with Crippen molar-refractivity contribution in [2.45, 2.75) is 19.9 Å². The maximum absolute atomic E-state index is 5.98. The van der Waals surface area contributed by atoms with Crippen molar-refractivity contribution in [2.75, 3.05) is 18.9 Å². The summed E-state index contributed by atoms with van der Waals surface area (Å²) in [6.45, 7) is 4.26. The molecule has 0 radical (unpaired) electrons. The highest BCUT2D eigenvalue weighted by Crippen LogP contribution is 2.22. The fourth-order valence-electron chi connectivity index (χ4n) is 1.82. The van der Waals surface area contributed by atoms with Gasteiger partial charge in [-0.25, -0.2) is 4.98 Å². The quantitative estimate of drug-likeness (QED) is 0.834. The van der Waals surface area contributed by atoms with E-state index in [9.17, 15) is 0 Å². The zero-order valence-corrected chi connectivity index (χ0v) is 10.6. The van der Waals surface area contributed by atoms with Gasteiger partial charge in [-0.1, -0.05) is 11.6 Å². The molecule has 5 heteroatoms. The third kappa shape index (κ3) is 2.70. The first-order valence-corrected chi connectivity index (χ1v) is 6.09. The van der Waals surface area contributed by atoms with Gasteiger partial charge in [0, 0.05) is 24.8 Å². The van der Waals surface area contributed by atoms with E-state index in [-0.39, 0.29) is 0 Å². The molecule has 4 nitrogen and oxygen atoms in total. The van der Waals surface area contributed by atoms with E-state index in [1.54, 1.807) is 0 Å². The van der Waals surface area contributed by atoms with Crippen LogP contribution < -0.4 is 5.73 Å². The minimum atomic E-state index is 0.527. The van der Waals surface area contributed by atoms with Crippen LogP contribution in [0, 0.1) is 0 Å². The molecule has 2 aromatic rings. The Bertz CT molecular complexity index is 510. The number of anilines is 1. The monoisotopic (exact) mass is 253 g/mol. The molecular weight excluding hydrogens is 238 g/mol. The number of fused-ring (bicyclic) bond motifs is 1. The van der Waals surface area contributed by atoms with Crippen molar-refractivity contribution < 1.29 is 4.74 Å². The van der Waals surface area contributed by atoms with Gasteiger partial charge in [-0.2, -0.15) is 0 Å². The zero-order valence-electron chi connectivity index (χ0n) is 9.82. The van der Waals surface area contributed by atoms with E-state index in [0.29, 0.717) is 11.0 Å². The molecule has 0 spiro atoms. The van der Waals surface area contributed by atoms with Crippen LogP contribution in [-0.2, 0) is 11.3 Å². The fraction of sp³-hybridized carbons (Fsp3) is 0.417. The van der Waals surface area contributed by atoms with E-state index >= 15 is 0 Å². The molecule has 0 atom stereocenters. The Balaban J connectivity index is 2.20. The molecule has 0 saturated carbocycles. The van der Waals surface area contributed by atoms with Gasteiger partial charge in [0.1, 0.15) is 0 Å². The number of nitrogens with two attached hydrogens (primary N) is 1. The normalized spacial score (nSPS) is 11.2. The Labute approximate surface area is 105 Å². The molecular formula is C12H16ClN3O. The van der Waals surface area contributed by atoms with Gasteiger partial charge in [0.05, 0.1) is 11.0 Å². The molecule has 0 aliphatic rings. The van der Waals surface area contributed by atoms with Crippen LogP contribution in [0.25, 0.3) is 11.0 Å². The number of halogens is 1. The number of aromatic nitrogens is 2. The Kier molecular flexibility index (Phi) is 3.86. The third-order valence-electron chi connectivity index (χ3n) is 2.61. The highest BCUT2D eigenvalue weighted by Gasteiger charge is 2.07. The molecule has 0 fully saturated rings. The van der Waals surface area contributed by atoms with Crippen molar-refractivity contribution in [3.05, 3.63) is 23.2 Å². The molecule has 2 N–H and O–H groups in total. The summed E-state index contributed by atoms with van der Waals surface area (Å²) >= 11 is 5.98. The number of imidazole rings is 1. The molecule has 2 rings (SSSR count). The number of rotatable bonds is 5. The molecule has 0 aliphatic carbocycles. The number of nitrogen functional groups attached to an aromatic ring is 1. The summed E-state index contributed by atoms with van der Waals surface area (Å²) in [5.74, 6) is 0.527. The summed E-state index contributed by atoms with van der Waals surface area (Å²) in [7, 11) is 0. The topological polar surface area (TPSA) is 53.1 Å². The highest BCUT2D eigenvalue weighted by molar-refractivity contribution is 6.31. The van der Waals surface area contributed by atoms with Crippen LogP contribution in [0.15, 0.2) is 18.2 Å². The second-order valence-electron chi connectivity index (χ2n) is 3.81. The molecule has 1 heterocycles. The number of benzene rings is 1. The number of aryl methyl sites for hydroxylation is 1. The lowest BCUT2D eigenvalue weighted by atomic mass is 10.3. The van der Waals surface area contributed by atoms with Gasteiger partial charge < -0.3 is 15.0 Å². The van der Waals surface area contributed by atoms with Crippen molar-refractivity contribution in [1.82, 2.24) is 9.55 Å². The van der Waals surface area contributed by atoms with Crippen molar-refractivity contribution in [2.24, 2.45) is 0 Å². The van der Waals surface area contributed by atoms with E-state index in [0.717, 1.165) is 37.2 Å². The molecule has 17 heavy (non-hydrogen) atoms. The molecule has 0 aliphatic heterocycles. The molecule has 0 bridgehead atoms. The lowest BCUT2D eigenvalue weighted by Crippen LogP contribution is -2.06. The maximum Gasteiger partial charge on any atom is 0.201 e. The minimum absolute atomic E-state index is 0.527. The van der Waals surface area contributed by atoms with E-state index in [4.69, 9.17) is 22.1 Å². The van der Waals surface area contributed by atoms with Crippen LogP contribution in [-0.4, -0.2) is 22.8 Å². The zero-order chi connectivity index (χ0) is 12.3. The molecule has 0 unspecified atom stereocenters. The van der Waals surface area contributed by atoms with Crippen LogP contribution in [0.2, 0.25) is 5.02 Å². The standard InChI is InChI=1S/C12H16ClN3O/c1-2-17-7-3-6-16-11-8-9(13)4-5-10(11)15-12(16)14/h4-5,8H,2-3,6-7H2,1H3,(H2,14,15). The number of nitrogens with zero attached hydrogens (tertiary/aromatic N) is 2. The Morgan fingerprint density at radius 2 is 2.29 bits per heavy atom. The second kappa shape index (κ2) is 5.38. The second-order valence-corrected chi connectivity index (χ2v) is 4.24. The van der Waals surface area contributed by atoms with Crippen LogP contribution in [0.3, 0.4) is 0 Å². The average molecular weight is 254 g/mol. The van der Waals surface area contributed by atoms with Crippen molar-refractivity contribution in [1.29, 1.82) is 0 Å². The third-order valence-corrected chi connectivity index (χ3v) is 2.85. The van der Waals surface area contributed by atoms with E-state index in [2.05, 4.69) is 4.98 Å².